The lowest BCUT2D eigenvalue weighted by atomic mass is 9.95. The second-order valence-corrected chi connectivity index (χ2v) is 12.9. The van der Waals surface area contributed by atoms with Crippen molar-refractivity contribution in [3.05, 3.63) is 71.3 Å². The standard InChI is InChI=1S/C35H48N4O7/c1-24-13-15-26(16-14-24)21-28(33(43)37(6)22-31(41)46-35(3,4)5)36-19-17-30(40)29-18-20-39(29)32(42)25(2)38(7)34(44)45-23-27-11-9-8-10-12-27/h8-16,25,28-29,36H,17-23H2,1-7H3/t25-,28-,29-/m0/s1. The summed E-state index contributed by atoms with van der Waals surface area (Å²) in [5, 5.41) is 3.21. The van der Waals surface area contributed by atoms with E-state index in [1.807, 2.05) is 61.5 Å². The number of hydrogen-bond acceptors (Lipinski definition) is 8. The predicted molar refractivity (Wildman–Crippen MR) is 174 cm³/mol. The average molecular weight is 637 g/mol. The highest BCUT2D eigenvalue weighted by Crippen LogP contribution is 2.22. The monoisotopic (exact) mass is 636 g/mol. The molecule has 1 heterocycles. The van der Waals surface area contributed by atoms with Crippen LogP contribution in [-0.4, -0.2) is 102 Å². The zero-order chi connectivity index (χ0) is 34.0. The Balaban J connectivity index is 1.55. The highest BCUT2D eigenvalue weighted by Gasteiger charge is 2.40. The third kappa shape index (κ3) is 10.7. The molecular formula is C35H48N4O7. The summed E-state index contributed by atoms with van der Waals surface area (Å²) >= 11 is 0. The van der Waals surface area contributed by atoms with Crippen LogP contribution in [0.5, 0.6) is 0 Å². The molecule has 3 atom stereocenters. The van der Waals surface area contributed by atoms with Gasteiger partial charge in [-0.05, 0) is 58.6 Å². The van der Waals surface area contributed by atoms with Gasteiger partial charge in [0.2, 0.25) is 11.8 Å². The van der Waals surface area contributed by atoms with Crippen LogP contribution in [0.1, 0.15) is 57.2 Å². The molecule has 1 saturated heterocycles. The van der Waals surface area contributed by atoms with Gasteiger partial charge in [0.1, 0.15) is 24.8 Å². The fourth-order valence-electron chi connectivity index (χ4n) is 5.03. The summed E-state index contributed by atoms with van der Waals surface area (Å²) in [5.74, 6) is -1.26. The molecule has 2 aromatic carbocycles. The van der Waals surface area contributed by atoms with Gasteiger partial charge in [-0.15, -0.1) is 0 Å². The molecule has 11 heteroatoms. The molecule has 1 aliphatic rings. The summed E-state index contributed by atoms with van der Waals surface area (Å²) in [6.07, 6.45) is 0.373. The number of benzene rings is 2. The van der Waals surface area contributed by atoms with Gasteiger partial charge >= 0.3 is 12.1 Å². The number of ketones is 1. The van der Waals surface area contributed by atoms with Crippen molar-refractivity contribution in [2.45, 2.75) is 84.2 Å². The minimum Gasteiger partial charge on any atom is -0.459 e. The minimum absolute atomic E-state index is 0.0902. The summed E-state index contributed by atoms with van der Waals surface area (Å²) in [6.45, 7) is 9.41. The number of amides is 3. The number of carbonyl (C=O) groups is 5. The van der Waals surface area contributed by atoms with Crippen LogP contribution in [0.15, 0.2) is 54.6 Å². The maximum Gasteiger partial charge on any atom is 0.410 e. The zero-order valence-electron chi connectivity index (χ0n) is 28.1. The number of nitrogens with zero attached hydrogens (tertiary/aromatic N) is 3. The van der Waals surface area contributed by atoms with Crippen LogP contribution in [0.2, 0.25) is 0 Å². The number of likely N-dealkylation sites (N-methyl/N-ethyl adjacent to an activating group) is 2. The Kier molecular flexibility index (Phi) is 12.9. The number of aryl methyl sites for hydroxylation is 1. The molecule has 0 saturated carbocycles. The fourth-order valence-corrected chi connectivity index (χ4v) is 5.03. The van der Waals surface area contributed by atoms with E-state index in [1.165, 1.54) is 21.7 Å². The number of ether oxygens (including phenoxy) is 2. The molecule has 0 aromatic heterocycles. The van der Waals surface area contributed by atoms with E-state index in [1.54, 1.807) is 34.7 Å². The molecule has 0 spiro atoms. The van der Waals surface area contributed by atoms with Crippen LogP contribution in [0.3, 0.4) is 0 Å². The molecule has 0 aliphatic carbocycles. The summed E-state index contributed by atoms with van der Waals surface area (Å²) in [4.78, 5) is 68.9. The van der Waals surface area contributed by atoms with E-state index in [4.69, 9.17) is 9.47 Å². The lowest BCUT2D eigenvalue weighted by Crippen LogP contribution is -2.60. The van der Waals surface area contributed by atoms with E-state index >= 15 is 0 Å². The number of carbonyl (C=O) groups excluding carboxylic acids is 5. The molecule has 1 fully saturated rings. The van der Waals surface area contributed by atoms with Crippen molar-refractivity contribution < 1.29 is 33.4 Å². The van der Waals surface area contributed by atoms with Gasteiger partial charge in [-0.2, -0.15) is 0 Å². The second-order valence-electron chi connectivity index (χ2n) is 12.9. The van der Waals surface area contributed by atoms with Gasteiger partial charge in [0.25, 0.3) is 0 Å². The highest BCUT2D eigenvalue weighted by atomic mass is 16.6. The third-order valence-electron chi connectivity index (χ3n) is 7.89. The van der Waals surface area contributed by atoms with Gasteiger partial charge in [0, 0.05) is 33.6 Å². The van der Waals surface area contributed by atoms with Crippen molar-refractivity contribution in [1.82, 2.24) is 20.0 Å². The average Bonchev–Trinajstić information content (AvgIpc) is 2.98. The van der Waals surface area contributed by atoms with Crippen LogP contribution >= 0.6 is 0 Å². The van der Waals surface area contributed by atoms with Crippen LogP contribution < -0.4 is 5.32 Å². The van der Waals surface area contributed by atoms with E-state index < -0.39 is 35.8 Å². The molecule has 11 nitrogen and oxygen atoms in total. The quantitative estimate of drug-likeness (QED) is 0.313. The lowest BCUT2D eigenvalue weighted by Gasteiger charge is -2.42. The number of esters is 1. The van der Waals surface area contributed by atoms with E-state index in [0.29, 0.717) is 19.4 Å². The Morgan fingerprint density at radius 1 is 0.978 bits per heavy atom. The normalized spacial score (nSPS) is 15.6. The number of likely N-dealkylation sites (tertiary alicyclic amines) is 1. The molecule has 3 rings (SSSR count). The summed E-state index contributed by atoms with van der Waals surface area (Å²) in [6, 6.07) is 15.0. The van der Waals surface area contributed by atoms with Gasteiger partial charge < -0.3 is 24.6 Å². The Morgan fingerprint density at radius 3 is 2.22 bits per heavy atom. The first-order valence-corrected chi connectivity index (χ1v) is 15.7. The smallest absolute Gasteiger partial charge is 0.410 e. The molecule has 1 N–H and O–H groups in total. The molecule has 0 unspecified atom stereocenters. The van der Waals surface area contributed by atoms with Crippen LogP contribution in [0.4, 0.5) is 4.79 Å². The largest absolute Gasteiger partial charge is 0.459 e. The van der Waals surface area contributed by atoms with Crippen LogP contribution in [0, 0.1) is 6.92 Å². The summed E-state index contributed by atoms with van der Waals surface area (Å²) in [5.41, 5.74) is 2.19. The SMILES string of the molecule is Cc1ccc(C[C@H](NCCC(=O)[C@@H]2CCN2C(=O)[C@H](C)N(C)C(=O)OCc2ccccc2)C(=O)N(C)CC(=O)OC(C)(C)C)cc1. The van der Waals surface area contributed by atoms with Crippen molar-refractivity contribution in [2.24, 2.45) is 0 Å². The van der Waals surface area contributed by atoms with E-state index in [-0.39, 0.29) is 43.7 Å². The van der Waals surface area contributed by atoms with Crippen LogP contribution in [0.25, 0.3) is 0 Å². The molecule has 0 radical (unpaired) electrons. The second kappa shape index (κ2) is 16.4. The molecular weight excluding hydrogens is 588 g/mol. The highest BCUT2D eigenvalue weighted by molar-refractivity contribution is 5.93. The predicted octanol–water partition coefficient (Wildman–Crippen LogP) is 3.51. The van der Waals surface area contributed by atoms with Crippen molar-refractivity contribution in [3.63, 3.8) is 0 Å². The van der Waals surface area contributed by atoms with Crippen LogP contribution in [-0.2, 0) is 41.7 Å². The first-order valence-electron chi connectivity index (χ1n) is 15.7. The number of nitrogens with one attached hydrogen (secondary N) is 1. The maximum absolute atomic E-state index is 13.4. The number of hydrogen-bond donors (Lipinski definition) is 1. The minimum atomic E-state index is -0.811. The fraction of sp³-hybridized carbons (Fsp3) is 0.514. The molecule has 250 valence electrons. The first kappa shape index (κ1) is 36.2. The molecule has 1 aliphatic heterocycles. The number of Topliss-reactive ketones (excluding diaryl/α,β-unsaturated/α-hetero) is 1. The Labute approximate surface area is 272 Å². The topological polar surface area (TPSA) is 126 Å². The third-order valence-corrected chi connectivity index (χ3v) is 7.89. The molecule has 0 bridgehead atoms. The Hall–Kier alpha value is -4.25. The molecule has 3 amide bonds. The van der Waals surface area contributed by atoms with E-state index in [2.05, 4.69) is 5.32 Å². The summed E-state index contributed by atoms with van der Waals surface area (Å²) < 4.78 is 10.7. The van der Waals surface area contributed by atoms with Gasteiger partial charge in [-0.25, -0.2) is 4.79 Å². The van der Waals surface area contributed by atoms with E-state index in [9.17, 15) is 24.0 Å². The summed E-state index contributed by atoms with van der Waals surface area (Å²) in [7, 11) is 3.05. The van der Waals surface area contributed by atoms with Gasteiger partial charge in [0.05, 0.1) is 12.1 Å². The van der Waals surface area contributed by atoms with Crippen molar-refractivity contribution in [2.75, 3.05) is 33.7 Å². The first-order chi connectivity index (χ1) is 21.7. The molecule has 46 heavy (non-hydrogen) atoms. The Morgan fingerprint density at radius 2 is 1.63 bits per heavy atom. The van der Waals surface area contributed by atoms with Crippen molar-refractivity contribution >= 4 is 29.7 Å². The molecule has 2 aromatic rings. The maximum atomic E-state index is 13.4. The Bertz CT molecular complexity index is 1360. The number of rotatable bonds is 14. The van der Waals surface area contributed by atoms with E-state index in [0.717, 1.165) is 16.7 Å². The lowest BCUT2D eigenvalue weighted by molar-refractivity contribution is -0.158. The zero-order valence-corrected chi connectivity index (χ0v) is 28.1. The van der Waals surface area contributed by atoms with Gasteiger partial charge in [0.15, 0.2) is 5.78 Å². The van der Waals surface area contributed by atoms with Crippen molar-refractivity contribution in [1.29, 1.82) is 0 Å². The van der Waals surface area contributed by atoms with Gasteiger partial charge in [-0.3, -0.25) is 24.1 Å². The van der Waals surface area contributed by atoms with Gasteiger partial charge in [-0.1, -0.05) is 60.2 Å². The van der Waals surface area contributed by atoms with Crippen molar-refractivity contribution in [3.8, 4) is 0 Å².